The summed E-state index contributed by atoms with van der Waals surface area (Å²) in [5.74, 6) is -2.48. The van der Waals surface area contributed by atoms with Crippen molar-refractivity contribution in [1.82, 2.24) is 9.80 Å². The molecule has 0 aromatic rings. The topological polar surface area (TPSA) is 158 Å². The summed E-state index contributed by atoms with van der Waals surface area (Å²) >= 11 is 0. The van der Waals surface area contributed by atoms with Gasteiger partial charge in [0.1, 0.15) is 12.7 Å². The molecule has 292 valence electrons. The van der Waals surface area contributed by atoms with Crippen LogP contribution in [-0.4, -0.2) is 145 Å². The van der Waals surface area contributed by atoms with Crippen LogP contribution in [0.25, 0.3) is 0 Å². The molecule has 0 aromatic carbocycles. The number of hydrogen-bond donors (Lipinski definition) is 2. The monoisotopic (exact) mass is 725 g/mol. The van der Waals surface area contributed by atoms with Crippen LogP contribution in [0.2, 0.25) is 0 Å². The first kappa shape index (κ1) is 41.4. The minimum absolute atomic E-state index is 0.0107. The van der Waals surface area contributed by atoms with E-state index in [-0.39, 0.29) is 49.5 Å². The normalized spacial score (nSPS) is 44.8. The van der Waals surface area contributed by atoms with Gasteiger partial charge < -0.3 is 53.2 Å². The molecule has 0 saturated carbocycles. The highest BCUT2D eigenvalue weighted by molar-refractivity contribution is 5.87. The molecule has 4 rings (SSSR count). The second-order valence-corrected chi connectivity index (χ2v) is 16.0. The summed E-state index contributed by atoms with van der Waals surface area (Å²) in [6.07, 6.45) is -1.89. The Hall–Kier alpha value is -2.33. The zero-order valence-electron chi connectivity index (χ0n) is 32.6. The van der Waals surface area contributed by atoms with Gasteiger partial charge in [-0.1, -0.05) is 13.8 Å². The number of aliphatic hydroxyl groups is 2. The standard InChI is InChI=1S/C37H63N3O11/c1-20(2)38-35-40(11)26-16-22(4)47-34(30(26)50-35)51-32-23(5)29(49-28-18-37(9,45-12)31(42)25(7)48-28)24(6)33(43)46-15-13-14-27(41)39(10)19-21(3)17-36(32,8)44/h13-14,20-26,28-32,34,42,44H,15-19H2,1-12H3/b14-13+,38-35-/t21-,22-,23+,24?,25+,26?,28+,29?,30-,31+,32-,34+,36-,37-/m1/s1. The smallest absolute Gasteiger partial charge is 0.311 e. The fraction of sp³-hybridized carbons (Fsp3) is 0.865. The number of amides is 1. The van der Waals surface area contributed by atoms with Gasteiger partial charge in [-0.2, -0.15) is 0 Å². The Morgan fingerprint density at radius 2 is 1.73 bits per heavy atom. The lowest BCUT2D eigenvalue weighted by molar-refractivity contribution is -0.313. The van der Waals surface area contributed by atoms with Gasteiger partial charge in [0.05, 0.1) is 47.6 Å². The third-order valence-corrected chi connectivity index (χ3v) is 10.8. The molecular weight excluding hydrogens is 662 g/mol. The summed E-state index contributed by atoms with van der Waals surface area (Å²) < 4.78 is 43.9. The van der Waals surface area contributed by atoms with Crippen molar-refractivity contribution in [3.63, 3.8) is 0 Å². The van der Waals surface area contributed by atoms with Crippen LogP contribution in [0.15, 0.2) is 17.1 Å². The Bertz CT molecular complexity index is 1260. The summed E-state index contributed by atoms with van der Waals surface area (Å²) in [4.78, 5) is 34.8. The number of fused-ring (bicyclic) bond motifs is 1. The van der Waals surface area contributed by atoms with Crippen molar-refractivity contribution < 1.29 is 53.0 Å². The fourth-order valence-corrected chi connectivity index (χ4v) is 8.06. The number of likely N-dealkylation sites (N-methyl/N-ethyl adjacent to an activating group) is 2. The molecule has 0 spiro atoms. The molecule has 2 N–H and O–H groups in total. The number of carbonyl (C=O) groups is 2. The third-order valence-electron chi connectivity index (χ3n) is 10.8. The van der Waals surface area contributed by atoms with Crippen LogP contribution in [0.3, 0.4) is 0 Å². The van der Waals surface area contributed by atoms with E-state index in [0.29, 0.717) is 19.0 Å². The molecule has 14 nitrogen and oxygen atoms in total. The van der Waals surface area contributed by atoms with Gasteiger partial charge in [0.2, 0.25) is 5.91 Å². The van der Waals surface area contributed by atoms with Gasteiger partial charge in [0, 0.05) is 52.2 Å². The lowest BCUT2D eigenvalue weighted by atomic mass is 9.77. The van der Waals surface area contributed by atoms with Crippen LogP contribution >= 0.6 is 0 Å². The molecule has 4 heterocycles. The highest BCUT2D eigenvalue weighted by Gasteiger charge is 2.54. The van der Waals surface area contributed by atoms with Crippen LogP contribution in [-0.2, 0) is 42.7 Å². The zero-order valence-corrected chi connectivity index (χ0v) is 32.6. The Kier molecular flexibility index (Phi) is 13.6. The van der Waals surface area contributed by atoms with E-state index < -0.39 is 72.1 Å². The minimum atomic E-state index is -1.51. The minimum Gasteiger partial charge on any atom is -0.461 e. The Labute approximate surface area is 303 Å². The number of aliphatic imine (C=N–C) groups is 1. The molecular formula is C37H63N3O11. The molecule has 0 aromatic heterocycles. The highest BCUT2D eigenvalue weighted by atomic mass is 16.7. The summed E-state index contributed by atoms with van der Waals surface area (Å²) in [6.45, 7) is 17.0. The quantitative estimate of drug-likeness (QED) is 0.387. The largest absolute Gasteiger partial charge is 0.461 e. The lowest BCUT2D eigenvalue weighted by Gasteiger charge is -2.48. The summed E-state index contributed by atoms with van der Waals surface area (Å²) in [7, 11) is 5.18. The van der Waals surface area contributed by atoms with E-state index in [4.69, 9.17) is 33.2 Å². The predicted octanol–water partition coefficient (Wildman–Crippen LogP) is 2.88. The second-order valence-electron chi connectivity index (χ2n) is 16.0. The van der Waals surface area contributed by atoms with E-state index in [1.165, 1.54) is 19.3 Å². The molecule has 3 saturated heterocycles. The van der Waals surface area contributed by atoms with Crippen molar-refractivity contribution in [2.45, 2.75) is 154 Å². The first-order chi connectivity index (χ1) is 23.8. The van der Waals surface area contributed by atoms with Crippen molar-refractivity contribution in [3.05, 3.63) is 12.2 Å². The molecule has 14 heteroatoms. The van der Waals surface area contributed by atoms with Crippen molar-refractivity contribution in [2.75, 3.05) is 34.4 Å². The molecule has 14 atom stereocenters. The Balaban J connectivity index is 1.76. The third kappa shape index (κ3) is 9.62. The molecule has 4 aliphatic rings. The average Bonchev–Trinajstić information content (AvgIpc) is 3.35. The van der Waals surface area contributed by atoms with Crippen molar-refractivity contribution in [2.24, 2.45) is 22.7 Å². The van der Waals surface area contributed by atoms with Gasteiger partial charge in [-0.05, 0) is 73.3 Å². The highest BCUT2D eigenvalue weighted by Crippen LogP contribution is 2.40. The maximum Gasteiger partial charge on any atom is 0.311 e. The van der Waals surface area contributed by atoms with E-state index in [9.17, 15) is 19.8 Å². The van der Waals surface area contributed by atoms with Crippen LogP contribution in [0.4, 0.5) is 0 Å². The zero-order chi connectivity index (χ0) is 38.0. The van der Waals surface area contributed by atoms with Gasteiger partial charge in [-0.15, -0.1) is 0 Å². The van der Waals surface area contributed by atoms with E-state index in [1.807, 2.05) is 46.6 Å². The van der Waals surface area contributed by atoms with Crippen LogP contribution in [0.1, 0.15) is 81.6 Å². The molecule has 0 radical (unpaired) electrons. The summed E-state index contributed by atoms with van der Waals surface area (Å²) in [5.41, 5.74) is -2.49. The molecule has 0 aliphatic carbocycles. The van der Waals surface area contributed by atoms with Gasteiger partial charge >= 0.3 is 5.97 Å². The van der Waals surface area contributed by atoms with Crippen molar-refractivity contribution in [3.8, 4) is 0 Å². The first-order valence-electron chi connectivity index (χ1n) is 18.4. The van der Waals surface area contributed by atoms with Gasteiger partial charge in [-0.3, -0.25) is 9.59 Å². The molecule has 0 bridgehead atoms. The molecule has 3 fully saturated rings. The Morgan fingerprint density at radius 1 is 1.04 bits per heavy atom. The van der Waals surface area contributed by atoms with Crippen molar-refractivity contribution in [1.29, 1.82) is 0 Å². The summed E-state index contributed by atoms with van der Waals surface area (Å²) in [5, 5.41) is 23.4. The second kappa shape index (κ2) is 16.8. The van der Waals surface area contributed by atoms with E-state index >= 15 is 0 Å². The van der Waals surface area contributed by atoms with Gasteiger partial charge in [0.25, 0.3) is 6.02 Å². The number of amidine groups is 1. The molecule has 1 amide bonds. The number of esters is 1. The number of hydrogen-bond acceptors (Lipinski definition) is 12. The predicted molar refractivity (Wildman–Crippen MR) is 189 cm³/mol. The van der Waals surface area contributed by atoms with E-state index in [1.54, 1.807) is 39.6 Å². The number of methoxy groups -OCH3 is 1. The number of cyclic esters (lactones) is 1. The lowest BCUT2D eigenvalue weighted by Crippen LogP contribution is -2.59. The SMILES string of the molecule is CO[C@]1(C)C[C@H](OC2C(C)C(=O)OC/C=C/C(=O)N(C)C[C@H](C)C[C@@](C)(O)[C@H](O[C@@H]3O[C@H](C)CC4[C@H]3O/C(=N\C(C)C)N4C)[C@H]2C)O[C@@H](C)[C@@H]1O. The average molecular weight is 726 g/mol. The number of nitrogens with zero attached hydrogens (tertiary/aromatic N) is 3. The summed E-state index contributed by atoms with van der Waals surface area (Å²) in [6, 6.07) is 0.435. The first-order valence-corrected chi connectivity index (χ1v) is 18.4. The molecule has 4 aliphatic heterocycles. The number of aliphatic hydroxyl groups excluding tert-OH is 1. The van der Waals surface area contributed by atoms with Crippen LogP contribution in [0, 0.1) is 17.8 Å². The maximum atomic E-state index is 13.7. The van der Waals surface area contributed by atoms with Crippen molar-refractivity contribution >= 4 is 17.9 Å². The van der Waals surface area contributed by atoms with Gasteiger partial charge in [0.15, 0.2) is 18.7 Å². The fourth-order valence-electron chi connectivity index (χ4n) is 8.06. The maximum absolute atomic E-state index is 13.7. The molecule has 51 heavy (non-hydrogen) atoms. The van der Waals surface area contributed by atoms with E-state index in [2.05, 4.69) is 4.99 Å². The molecule has 3 unspecified atom stereocenters. The number of carbonyl (C=O) groups excluding carboxylic acids is 2. The van der Waals surface area contributed by atoms with E-state index in [0.717, 1.165) is 0 Å². The Morgan fingerprint density at radius 3 is 2.37 bits per heavy atom. The van der Waals surface area contributed by atoms with Crippen LogP contribution in [0.5, 0.6) is 0 Å². The number of ether oxygens (including phenoxy) is 7. The number of rotatable bonds is 6. The van der Waals surface area contributed by atoms with Crippen LogP contribution < -0.4 is 0 Å². The van der Waals surface area contributed by atoms with Gasteiger partial charge in [-0.25, -0.2) is 4.99 Å².